The van der Waals surface area contributed by atoms with E-state index in [0.717, 1.165) is 35.8 Å². The molecule has 38 heavy (non-hydrogen) atoms. The number of rotatable bonds is 5. The van der Waals surface area contributed by atoms with Crippen LogP contribution in [0.5, 0.6) is 0 Å². The van der Waals surface area contributed by atoms with E-state index in [1.165, 1.54) is 29.3 Å². The van der Waals surface area contributed by atoms with Gasteiger partial charge < -0.3 is 0 Å². The van der Waals surface area contributed by atoms with Crippen LogP contribution in [-0.2, 0) is 0 Å². The molecule has 1 amide bonds. The molecule has 9 nitrogen and oxygen atoms in total. The molecule has 0 saturated heterocycles. The molecule has 1 saturated carbocycles. The number of fused-ring (bicyclic) bond motifs is 1. The smallest absolute Gasteiger partial charge is 0.267 e. The van der Waals surface area contributed by atoms with Crippen LogP contribution in [-0.4, -0.2) is 26.5 Å². The number of nitrogens with zero attached hydrogens (tertiary/aromatic N) is 4. The standard InChI is InChI=1S/C27H20F2N4O5/c28-20-8-4-16(5-9-20)12-18-2-1-3-24-25(18)30-31(26(24)17-6-10-21(29)11-7-17)27(34)19-13-22(32(35)36)15-23(14-19)33(37)38/h4-15,24,26H,1-3H2/b18-12+/t24-,26-/m0/s1. The zero-order chi connectivity index (χ0) is 27.0. The summed E-state index contributed by atoms with van der Waals surface area (Å²) in [7, 11) is 0. The zero-order valence-corrected chi connectivity index (χ0v) is 19.8. The van der Waals surface area contributed by atoms with E-state index >= 15 is 0 Å². The number of hydrazone groups is 1. The molecule has 0 unspecified atom stereocenters. The molecular formula is C27H20F2N4O5. The van der Waals surface area contributed by atoms with Gasteiger partial charge in [-0.2, -0.15) is 5.10 Å². The Balaban J connectivity index is 1.61. The van der Waals surface area contributed by atoms with Crippen LogP contribution in [0.1, 0.15) is 46.8 Å². The van der Waals surface area contributed by atoms with Crippen LogP contribution in [0.2, 0.25) is 0 Å². The SMILES string of the molecule is O=C(c1cc([N+](=O)[O-])cc([N+](=O)[O-])c1)N1N=C2/C(=C/c3ccc(F)cc3)CCC[C@@H]2[C@@H]1c1ccc(F)cc1. The van der Waals surface area contributed by atoms with Gasteiger partial charge in [0.15, 0.2) is 0 Å². The van der Waals surface area contributed by atoms with E-state index in [-0.39, 0.29) is 17.3 Å². The minimum atomic E-state index is -0.805. The molecule has 2 aliphatic rings. The average Bonchev–Trinajstić information content (AvgIpc) is 3.30. The predicted octanol–water partition coefficient (Wildman–Crippen LogP) is 6.22. The molecule has 1 aliphatic heterocycles. The van der Waals surface area contributed by atoms with Crippen molar-refractivity contribution in [1.82, 2.24) is 5.01 Å². The lowest BCUT2D eigenvalue weighted by molar-refractivity contribution is -0.394. The van der Waals surface area contributed by atoms with E-state index in [4.69, 9.17) is 0 Å². The molecule has 5 rings (SSSR count). The molecule has 0 N–H and O–H groups in total. The van der Waals surface area contributed by atoms with Crippen LogP contribution < -0.4 is 0 Å². The molecule has 3 aromatic rings. The summed E-state index contributed by atoms with van der Waals surface area (Å²) in [6.07, 6.45) is 3.98. The highest BCUT2D eigenvalue weighted by atomic mass is 19.1. The number of carbonyl (C=O) groups is 1. The minimum Gasteiger partial charge on any atom is -0.267 e. The fraction of sp³-hybridized carbons (Fsp3) is 0.185. The third-order valence-electron chi connectivity index (χ3n) is 6.70. The van der Waals surface area contributed by atoms with Crippen molar-refractivity contribution in [3.8, 4) is 0 Å². The third kappa shape index (κ3) is 4.77. The molecular weight excluding hydrogens is 498 g/mol. The van der Waals surface area contributed by atoms with Gasteiger partial charge in [0, 0.05) is 18.1 Å². The van der Waals surface area contributed by atoms with Crippen LogP contribution in [0.4, 0.5) is 20.2 Å². The number of allylic oxidation sites excluding steroid dienone is 1. The van der Waals surface area contributed by atoms with Gasteiger partial charge in [-0.15, -0.1) is 0 Å². The van der Waals surface area contributed by atoms with Gasteiger partial charge in [0.2, 0.25) is 0 Å². The Bertz CT molecular complexity index is 1470. The van der Waals surface area contributed by atoms with Crippen LogP contribution in [0.3, 0.4) is 0 Å². The quantitative estimate of drug-likeness (QED) is 0.293. The molecule has 0 radical (unpaired) electrons. The number of nitro groups is 2. The Hall–Kier alpha value is -4.80. The molecule has 1 heterocycles. The molecule has 0 spiro atoms. The first-order valence-corrected chi connectivity index (χ1v) is 11.8. The van der Waals surface area contributed by atoms with Crippen molar-refractivity contribution in [3.05, 3.63) is 121 Å². The maximum atomic E-state index is 13.7. The Morgan fingerprint density at radius 1 is 0.921 bits per heavy atom. The lowest BCUT2D eigenvalue weighted by Crippen LogP contribution is -2.32. The number of hydrogen-bond donors (Lipinski definition) is 0. The third-order valence-corrected chi connectivity index (χ3v) is 6.70. The number of non-ortho nitro benzene ring substituents is 2. The predicted molar refractivity (Wildman–Crippen MR) is 134 cm³/mol. The summed E-state index contributed by atoms with van der Waals surface area (Å²) >= 11 is 0. The highest BCUT2D eigenvalue weighted by Gasteiger charge is 2.44. The molecule has 11 heteroatoms. The second-order valence-corrected chi connectivity index (χ2v) is 9.10. The monoisotopic (exact) mass is 518 g/mol. The molecule has 2 atom stereocenters. The van der Waals surface area contributed by atoms with Crippen molar-refractivity contribution in [3.63, 3.8) is 0 Å². The molecule has 192 valence electrons. The topological polar surface area (TPSA) is 119 Å². The molecule has 0 bridgehead atoms. The number of amides is 1. The van der Waals surface area contributed by atoms with Crippen molar-refractivity contribution in [2.75, 3.05) is 0 Å². The van der Waals surface area contributed by atoms with Gasteiger partial charge in [0.1, 0.15) is 11.6 Å². The Morgan fingerprint density at radius 3 is 2.08 bits per heavy atom. The molecule has 3 aromatic carbocycles. The zero-order valence-electron chi connectivity index (χ0n) is 19.8. The fourth-order valence-electron chi connectivity index (χ4n) is 4.98. The molecule has 0 aromatic heterocycles. The van der Waals surface area contributed by atoms with E-state index in [2.05, 4.69) is 5.10 Å². The number of benzene rings is 3. The maximum Gasteiger partial charge on any atom is 0.277 e. The Morgan fingerprint density at radius 2 is 1.50 bits per heavy atom. The highest BCUT2D eigenvalue weighted by molar-refractivity contribution is 6.09. The first kappa shape index (κ1) is 24.9. The normalized spacial score (nSPS) is 19.7. The van der Waals surface area contributed by atoms with Gasteiger partial charge in [-0.25, -0.2) is 13.8 Å². The lowest BCUT2D eigenvalue weighted by atomic mass is 9.77. The van der Waals surface area contributed by atoms with E-state index in [9.17, 15) is 33.8 Å². The number of carbonyl (C=O) groups excluding carboxylic acids is 1. The summed E-state index contributed by atoms with van der Waals surface area (Å²) in [6, 6.07) is 13.7. The molecule has 1 fully saturated rings. The molecule has 1 aliphatic carbocycles. The maximum absolute atomic E-state index is 13.7. The van der Waals surface area contributed by atoms with Crippen LogP contribution in [0, 0.1) is 37.8 Å². The van der Waals surface area contributed by atoms with Crippen molar-refractivity contribution >= 4 is 29.1 Å². The van der Waals surface area contributed by atoms with Crippen molar-refractivity contribution in [1.29, 1.82) is 0 Å². The van der Waals surface area contributed by atoms with Crippen molar-refractivity contribution in [2.45, 2.75) is 25.3 Å². The van der Waals surface area contributed by atoms with Crippen LogP contribution in [0.25, 0.3) is 6.08 Å². The number of halogens is 2. The lowest BCUT2D eigenvalue weighted by Gasteiger charge is -2.29. The summed E-state index contributed by atoms with van der Waals surface area (Å²) < 4.78 is 27.1. The second kappa shape index (κ2) is 9.92. The van der Waals surface area contributed by atoms with E-state index < -0.39 is 39.0 Å². The second-order valence-electron chi connectivity index (χ2n) is 9.10. The highest BCUT2D eigenvalue weighted by Crippen LogP contribution is 2.45. The minimum absolute atomic E-state index is 0.259. The Labute approximate surface area is 215 Å². The first-order chi connectivity index (χ1) is 18.2. The largest absolute Gasteiger partial charge is 0.277 e. The van der Waals surface area contributed by atoms with Crippen molar-refractivity contribution < 1.29 is 23.4 Å². The fourth-order valence-corrected chi connectivity index (χ4v) is 4.98. The van der Waals surface area contributed by atoms with Gasteiger partial charge in [0.25, 0.3) is 17.3 Å². The summed E-state index contributed by atoms with van der Waals surface area (Å²) in [6.45, 7) is 0. The van der Waals surface area contributed by atoms with Crippen LogP contribution >= 0.6 is 0 Å². The van der Waals surface area contributed by atoms with Crippen molar-refractivity contribution in [2.24, 2.45) is 11.0 Å². The average molecular weight is 518 g/mol. The van der Waals surface area contributed by atoms with E-state index in [1.807, 2.05) is 6.08 Å². The van der Waals surface area contributed by atoms with E-state index in [0.29, 0.717) is 24.1 Å². The van der Waals surface area contributed by atoms with Crippen LogP contribution in [0.15, 0.2) is 77.4 Å². The van der Waals surface area contributed by atoms with Gasteiger partial charge in [-0.1, -0.05) is 24.3 Å². The summed E-state index contributed by atoms with van der Waals surface area (Å²) in [5.41, 5.74) is 1.38. The summed E-state index contributed by atoms with van der Waals surface area (Å²) in [5, 5.41) is 28.6. The number of nitro benzene ring substituents is 2. The van der Waals surface area contributed by atoms with Gasteiger partial charge >= 0.3 is 0 Å². The Kier molecular flexibility index (Phi) is 6.50. The van der Waals surface area contributed by atoms with E-state index in [1.54, 1.807) is 24.3 Å². The van der Waals surface area contributed by atoms with Gasteiger partial charge in [0.05, 0.1) is 33.2 Å². The summed E-state index contributed by atoms with van der Waals surface area (Å²) in [5.74, 6) is -1.85. The van der Waals surface area contributed by atoms with Gasteiger partial charge in [-0.3, -0.25) is 25.0 Å². The summed E-state index contributed by atoms with van der Waals surface area (Å²) in [4.78, 5) is 34.9. The van der Waals surface area contributed by atoms with Gasteiger partial charge in [-0.05, 0) is 66.3 Å². The number of hydrogen-bond acceptors (Lipinski definition) is 6. The first-order valence-electron chi connectivity index (χ1n) is 11.8.